The molecule has 82 valence electrons. The minimum atomic E-state index is 0.0390. The molecule has 1 aromatic carbocycles. The van der Waals surface area contributed by atoms with E-state index in [-0.39, 0.29) is 5.56 Å². The van der Waals surface area contributed by atoms with Crippen LogP contribution in [0.5, 0.6) is 0 Å². The van der Waals surface area contributed by atoms with Crippen molar-refractivity contribution < 1.29 is 0 Å². The van der Waals surface area contributed by atoms with E-state index in [1.54, 1.807) is 10.6 Å². The van der Waals surface area contributed by atoms with Gasteiger partial charge in [0.15, 0.2) is 0 Å². The predicted octanol–water partition coefficient (Wildman–Crippen LogP) is 2.79. The summed E-state index contributed by atoms with van der Waals surface area (Å²) in [6.45, 7) is 2.11. The highest BCUT2D eigenvalue weighted by molar-refractivity contribution is 5.32. The molecule has 2 nitrogen and oxygen atoms in total. The van der Waals surface area contributed by atoms with E-state index in [0.717, 1.165) is 24.1 Å². The van der Waals surface area contributed by atoms with Crippen LogP contribution >= 0.6 is 0 Å². The lowest BCUT2D eigenvalue weighted by Crippen LogP contribution is -2.17. The van der Waals surface area contributed by atoms with E-state index in [1.165, 1.54) is 0 Å². The molecule has 0 unspecified atom stereocenters. The van der Waals surface area contributed by atoms with Crippen LogP contribution in [-0.2, 0) is 6.42 Å². The maximum Gasteiger partial charge on any atom is 0.255 e. The third-order valence-electron chi connectivity index (χ3n) is 2.56. The molecule has 0 bridgehead atoms. The van der Waals surface area contributed by atoms with Crippen LogP contribution in [0.1, 0.15) is 18.9 Å². The SMILES string of the molecule is CCCc1ccn(-c2ccccc2)c(=O)c1. The molecular weight excluding hydrogens is 198 g/mol. The quantitative estimate of drug-likeness (QED) is 0.768. The Morgan fingerprint density at radius 3 is 2.50 bits per heavy atom. The Balaban J connectivity index is 2.41. The van der Waals surface area contributed by atoms with Crippen LogP contribution in [0, 0.1) is 0 Å². The van der Waals surface area contributed by atoms with Crippen LogP contribution in [0.4, 0.5) is 0 Å². The Morgan fingerprint density at radius 2 is 1.88 bits per heavy atom. The Labute approximate surface area is 95.2 Å². The number of aryl methyl sites for hydroxylation is 1. The zero-order chi connectivity index (χ0) is 11.4. The lowest BCUT2D eigenvalue weighted by molar-refractivity contribution is 0.896. The van der Waals surface area contributed by atoms with Gasteiger partial charge < -0.3 is 0 Å². The fourth-order valence-corrected chi connectivity index (χ4v) is 1.77. The molecule has 2 heteroatoms. The van der Waals surface area contributed by atoms with E-state index in [4.69, 9.17) is 0 Å². The molecule has 2 rings (SSSR count). The first kappa shape index (κ1) is 10.7. The van der Waals surface area contributed by atoms with Gasteiger partial charge in [-0.15, -0.1) is 0 Å². The van der Waals surface area contributed by atoms with Gasteiger partial charge in [0, 0.05) is 18.0 Å². The maximum absolute atomic E-state index is 11.9. The number of benzene rings is 1. The summed E-state index contributed by atoms with van der Waals surface area (Å²) in [5, 5.41) is 0. The highest BCUT2D eigenvalue weighted by Crippen LogP contribution is 2.05. The molecule has 0 N–H and O–H groups in total. The van der Waals surface area contributed by atoms with Crippen LogP contribution in [0.3, 0.4) is 0 Å². The average Bonchev–Trinajstić information content (AvgIpc) is 2.31. The number of para-hydroxylation sites is 1. The summed E-state index contributed by atoms with van der Waals surface area (Å²) < 4.78 is 1.67. The number of hydrogen-bond donors (Lipinski definition) is 0. The second-order valence-electron chi connectivity index (χ2n) is 3.83. The summed E-state index contributed by atoms with van der Waals surface area (Å²) in [6, 6.07) is 13.4. The molecule has 0 saturated heterocycles. The van der Waals surface area contributed by atoms with Crippen LogP contribution in [0.2, 0.25) is 0 Å². The second kappa shape index (κ2) is 4.79. The predicted molar refractivity (Wildman–Crippen MR) is 66.0 cm³/mol. The molecule has 0 spiro atoms. The average molecular weight is 213 g/mol. The van der Waals surface area contributed by atoms with Crippen molar-refractivity contribution in [2.75, 3.05) is 0 Å². The van der Waals surface area contributed by atoms with Gasteiger partial charge in [-0.1, -0.05) is 31.5 Å². The Bertz CT molecular complexity index is 514. The van der Waals surface area contributed by atoms with E-state index in [1.807, 2.05) is 42.6 Å². The van der Waals surface area contributed by atoms with Crippen molar-refractivity contribution in [2.45, 2.75) is 19.8 Å². The normalized spacial score (nSPS) is 10.3. The smallest absolute Gasteiger partial charge is 0.255 e. The molecule has 16 heavy (non-hydrogen) atoms. The summed E-state index contributed by atoms with van der Waals surface area (Å²) in [7, 11) is 0. The summed E-state index contributed by atoms with van der Waals surface area (Å²) in [5.74, 6) is 0. The van der Waals surface area contributed by atoms with Gasteiger partial charge in [0.25, 0.3) is 5.56 Å². The van der Waals surface area contributed by atoms with Gasteiger partial charge in [-0.05, 0) is 30.2 Å². The number of aromatic nitrogens is 1. The highest BCUT2D eigenvalue weighted by Gasteiger charge is 1.99. The first-order valence-electron chi connectivity index (χ1n) is 5.58. The number of nitrogens with zero attached hydrogens (tertiary/aromatic N) is 1. The molecule has 0 aliphatic rings. The van der Waals surface area contributed by atoms with E-state index in [0.29, 0.717) is 0 Å². The van der Waals surface area contributed by atoms with Crippen molar-refractivity contribution >= 4 is 0 Å². The van der Waals surface area contributed by atoms with Crippen molar-refractivity contribution in [1.29, 1.82) is 0 Å². The van der Waals surface area contributed by atoms with Crippen LogP contribution in [0.15, 0.2) is 53.5 Å². The van der Waals surface area contributed by atoms with Crippen molar-refractivity contribution in [3.63, 3.8) is 0 Å². The second-order valence-corrected chi connectivity index (χ2v) is 3.83. The number of pyridine rings is 1. The number of rotatable bonds is 3. The zero-order valence-electron chi connectivity index (χ0n) is 9.39. The molecule has 0 fully saturated rings. The minimum Gasteiger partial charge on any atom is -0.284 e. The lowest BCUT2D eigenvalue weighted by Gasteiger charge is -2.06. The molecule has 0 saturated carbocycles. The summed E-state index contributed by atoms with van der Waals surface area (Å²) in [6.07, 6.45) is 3.88. The monoisotopic (exact) mass is 213 g/mol. The molecule has 1 aromatic heterocycles. The maximum atomic E-state index is 11.9. The third kappa shape index (κ3) is 2.22. The Hall–Kier alpha value is -1.83. The van der Waals surface area contributed by atoms with Gasteiger partial charge in [0.2, 0.25) is 0 Å². The third-order valence-corrected chi connectivity index (χ3v) is 2.56. The highest BCUT2D eigenvalue weighted by atomic mass is 16.1. The van der Waals surface area contributed by atoms with Gasteiger partial charge in [-0.25, -0.2) is 0 Å². The van der Waals surface area contributed by atoms with Crippen molar-refractivity contribution in [3.8, 4) is 5.69 Å². The topological polar surface area (TPSA) is 22.0 Å². The van der Waals surface area contributed by atoms with E-state index >= 15 is 0 Å². The first-order chi connectivity index (χ1) is 7.81. The molecule has 2 aromatic rings. The molecule has 0 atom stereocenters. The molecule has 0 radical (unpaired) electrons. The molecule has 0 amide bonds. The Kier molecular flexibility index (Phi) is 3.20. The molecule has 0 aliphatic carbocycles. The van der Waals surface area contributed by atoms with Gasteiger partial charge >= 0.3 is 0 Å². The van der Waals surface area contributed by atoms with Gasteiger partial charge in [0.05, 0.1) is 0 Å². The van der Waals surface area contributed by atoms with Crippen LogP contribution < -0.4 is 5.56 Å². The first-order valence-corrected chi connectivity index (χ1v) is 5.58. The molecule has 0 aliphatic heterocycles. The van der Waals surface area contributed by atoms with Crippen molar-refractivity contribution in [3.05, 3.63) is 64.6 Å². The fraction of sp³-hybridized carbons (Fsp3) is 0.214. The summed E-state index contributed by atoms with van der Waals surface area (Å²) in [4.78, 5) is 11.9. The zero-order valence-corrected chi connectivity index (χ0v) is 9.39. The lowest BCUT2D eigenvalue weighted by atomic mass is 10.1. The Morgan fingerprint density at radius 1 is 1.12 bits per heavy atom. The summed E-state index contributed by atoms with van der Waals surface area (Å²) >= 11 is 0. The molecule has 1 heterocycles. The summed E-state index contributed by atoms with van der Waals surface area (Å²) in [5.41, 5.74) is 2.06. The number of hydrogen-bond acceptors (Lipinski definition) is 1. The van der Waals surface area contributed by atoms with Crippen LogP contribution in [-0.4, -0.2) is 4.57 Å². The van der Waals surface area contributed by atoms with Crippen molar-refractivity contribution in [1.82, 2.24) is 4.57 Å². The van der Waals surface area contributed by atoms with E-state index in [9.17, 15) is 4.79 Å². The largest absolute Gasteiger partial charge is 0.284 e. The van der Waals surface area contributed by atoms with Gasteiger partial charge in [0.1, 0.15) is 0 Å². The van der Waals surface area contributed by atoms with Gasteiger partial charge in [-0.3, -0.25) is 9.36 Å². The van der Waals surface area contributed by atoms with Crippen LogP contribution in [0.25, 0.3) is 5.69 Å². The minimum absolute atomic E-state index is 0.0390. The fourth-order valence-electron chi connectivity index (χ4n) is 1.77. The molecular formula is C14H15NO. The van der Waals surface area contributed by atoms with E-state index < -0.39 is 0 Å². The van der Waals surface area contributed by atoms with Crippen molar-refractivity contribution in [2.24, 2.45) is 0 Å². The standard InChI is InChI=1S/C14H15NO/c1-2-6-12-9-10-15(14(16)11-12)13-7-4-3-5-8-13/h3-5,7-11H,2,6H2,1H3. The van der Waals surface area contributed by atoms with E-state index in [2.05, 4.69) is 6.92 Å². The van der Waals surface area contributed by atoms with Gasteiger partial charge in [-0.2, -0.15) is 0 Å².